The van der Waals surface area contributed by atoms with Gasteiger partial charge in [0.15, 0.2) is 11.6 Å². The maximum absolute atomic E-state index is 13.2. The first-order valence-electron chi connectivity index (χ1n) is 6.97. The SMILES string of the molecule is CC(C)N(CCC(C#N)c1ccc(F)c(F)c1)C(C)C. The molecule has 1 atom stereocenters. The minimum absolute atomic E-state index is 0.388. The van der Waals surface area contributed by atoms with Gasteiger partial charge in [0.2, 0.25) is 0 Å². The van der Waals surface area contributed by atoms with Crippen molar-refractivity contribution in [1.29, 1.82) is 5.26 Å². The number of hydrogen-bond donors (Lipinski definition) is 0. The van der Waals surface area contributed by atoms with E-state index in [4.69, 9.17) is 0 Å². The fraction of sp³-hybridized carbons (Fsp3) is 0.562. The van der Waals surface area contributed by atoms with Crippen LogP contribution in [0.1, 0.15) is 45.6 Å². The van der Waals surface area contributed by atoms with E-state index in [2.05, 4.69) is 38.7 Å². The van der Waals surface area contributed by atoms with Gasteiger partial charge in [-0.05, 0) is 51.8 Å². The van der Waals surface area contributed by atoms with Crippen molar-refractivity contribution in [1.82, 2.24) is 4.90 Å². The van der Waals surface area contributed by atoms with Crippen molar-refractivity contribution >= 4 is 0 Å². The minimum Gasteiger partial charge on any atom is -0.298 e. The Hall–Kier alpha value is -1.47. The molecule has 0 heterocycles. The van der Waals surface area contributed by atoms with Gasteiger partial charge in [0, 0.05) is 18.6 Å². The molecule has 110 valence electrons. The Labute approximate surface area is 120 Å². The zero-order valence-electron chi connectivity index (χ0n) is 12.5. The second kappa shape index (κ2) is 7.35. The molecule has 0 aromatic heterocycles. The van der Waals surface area contributed by atoms with Crippen LogP contribution < -0.4 is 0 Å². The number of rotatable bonds is 6. The number of nitrogens with zero attached hydrogens (tertiary/aromatic N) is 2. The van der Waals surface area contributed by atoms with E-state index in [1.165, 1.54) is 6.07 Å². The monoisotopic (exact) mass is 280 g/mol. The van der Waals surface area contributed by atoms with Gasteiger partial charge >= 0.3 is 0 Å². The molecule has 1 aromatic carbocycles. The first kappa shape index (κ1) is 16.6. The highest BCUT2D eigenvalue weighted by molar-refractivity contribution is 5.26. The molecule has 1 rings (SSSR count). The molecule has 1 unspecified atom stereocenters. The van der Waals surface area contributed by atoms with Crippen molar-refractivity contribution in [2.75, 3.05) is 6.54 Å². The molecule has 0 aliphatic rings. The molecule has 0 saturated heterocycles. The summed E-state index contributed by atoms with van der Waals surface area (Å²) in [6.45, 7) is 9.20. The maximum atomic E-state index is 13.2. The first-order valence-corrected chi connectivity index (χ1v) is 6.97. The smallest absolute Gasteiger partial charge is 0.159 e. The lowest BCUT2D eigenvalue weighted by atomic mass is 9.96. The lowest BCUT2D eigenvalue weighted by molar-refractivity contribution is 0.171. The fourth-order valence-corrected chi connectivity index (χ4v) is 2.43. The van der Waals surface area contributed by atoms with Crippen LogP contribution in [-0.4, -0.2) is 23.5 Å². The molecule has 0 aliphatic heterocycles. The van der Waals surface area contributed by atoms with Gasteiger partial charge in [-0.15, -0.1) is 0 Å². The Bertz CT molecular complexity index is 470. The van der Waals surface area contributed by atoms with Gasteiger partial charge in [-0.2, -0.15) is 5.26 Å². The lowest BCUT2D eigenvalue weighted by Gasteiger charge is -2.31. The zero-order valence-corrected chi connectivity index (χ0v) is 12.5. The van der Waals surface area contributed by atoms with Crippen molar-refractivity contribution in [3.63, 3.8) is 0 Å². The molecule has 0 saturated carbocycles. The average molecular weight is 280 g/mol. The summed E-state index contributed by atoms with van der Waals surface area (Å²) in [7, 11) is 0. The number of halogens is 2. The van der Waals surface area contributed by atoms with Crippen LogP contribution in [0.3, 0.4) is 0 Å². The van der Waals surface area contributed by atoms with Gasteiger partial charge in [0.05, 0.1) is 12.0 Å². The highest BCUT2D eigenvalue weighted by Crippen LogP contribution is 2.22. The molecule has 0 N–H and O–H groups in total. The minimum atomic E-state index is -0.896. The number of nitriles is 1. The molecular formula is C16H22F2N2. The van der Waals surface area contributed by atoms with E-state index in [1.54, 1.807) is 0 Å². The summed E-state index contributed by atoms with van der Waals surface area (Å²) in [6.07, 6.45) is 0.609. The Morgan fingerprint density at radius 1 is 1.10 bits per heavy atom. The predicted octanol–water partition coefficient (Wildman–Crippen LogP) is 4.08. The Morgan fingerprint density at radius 2 is 1.70 bits per heavy atom. The normalized spacial score (nSPS) is 13.0. The second-order valence-corrected chi connectivity index (χ2v) is 5.57. The predicted molar refractivity (Wildman–Crippen MR) is 76.3 cm³/mol. The van der Waals surface area contributed by atoms with E-state index >= 15 is 0 Å². The molecule has 0 fully saturated rings. The van der Waals surface area contributed by atoms with Gasteiger partial charge in [-0.25, -0.2) is 8.78 Å². The number of benzene rings is 1. The van der Waals surface area contributed by atoms with Crippen LogP contribution in [0.25, 0.3) is 0 Å². The Balaban J connectivity index is 2.77. The van der Waals surface area contributed by atoms with Crippen LogP contribution in [0.5, 0.6) is 0 Å². The first-order chi connectivity index (χ1) is 9.36. The average Bonchev–Trinajstić information content (AvgIpc) is 2.37. The van der Waals surface area contributed by atoms with Crippen LogP contribution in [0.15, 0.2) is 18.2 Å². The van der Waals surface area contributed by atoms with E-state index in [1.807, 2.05) is 0 Å². The van der Waals surface area contributed by atoms with Crippen LogP contribution in [0.2, 0.25) is 0 Å². The standard InChI is InChI=1S/C16H22F2N2/c1-11(2)20(12(3)4)8-7-14(10-19)13-5-6-15(17)16(18)9-13/h5-6,9,11-12,14H,7-8H2,1-4H3. The van der Waals surface area contributed by atoms with Gasteiger partial charge in [-0.1, -0.05) is 6.07 Å². The molecule has 0 aliphatic carbocycles. The van der Waals surface area contributed by atoms with Crippen molar-refractivity contribution in [3.8, 4) is 6.07 Å². The van der Waals surface area contributed by atoms with Gasteiger partial charge in [0.1, 0.15) is 0 Å². The van der Waals surface area contributed by atoms with Crippen molar-refractivity contribution in [2.45, 2.75) is 52.1 Å². The summed E-state index contributed by atoms with van der Waals surface area (Å²) in [5.74, 6) is -2.19. The molecule has 0 radical (unpaired) electrons. The lowest BCUT2D eigenvalue weighted by Crippen LogP contribution is -2.38. The Kier molecular flexibility index (Phi) is 6.09. The molecule has 0 spiro atoms. The quantitative estimate of drug-likeness (QED) is 0.785. The van der Waals surface area contributed by atoms with Crippen LogP contribution in [0.4, 0.5) is 8.78 Å². The molecule has 0 amide bonds. The highest BCUT2D eigenvalue weighted by Gasteiger charge is 2.18. The highest BCUT2D eigenvalue weighted by atomic mass is 19.2. The zero-order chi connectivity index (χ0) is 15.3. The molecule has 1 aromatic rings. The molecule has 20 heavy (non-hydrogen) atoms. The Morgan fingerprint density at radius 3 is 2.15 bits per heavy atom. The van der Waals surface area contributed by atoms with E-state index < -0.39 is 17.6 Å². The topological polar surface area (TPSA) is 27.0 Å². The van der Waals surface area contributed by atoms with Crippen molar-refractivity contribution < 1.29 is 8.78 Å². The van der Waals surface area contributed by atoms with Crippen molar-refractivity contribution in [3.05, 3.63) is 35.4 Å². The van der Waals surface area contributed by atoms with Crippen LogP contribution >= 0.6 is 0 Å². The largest absolute Gasteiger partial charge is 0.298 e. The van der Waals surface area contributed by atoms with E-state index in [-0.39, 0.29) is 0 Å². The molecule has 2 nitrogen and oxygen atoms in total. The van der Waals surface area contributed by atoms with Gasteiger partial charge in [-0.3, -0.25) is 4.90 Å². The molecule has 0 bridgehead atoms. The second-order valence-electron chi connectivity index (χ2n) is 5.57. The summed E-state index contributed by atoms with van der Waals surface area (Å²) in [5.41, 5.74) is 0.541. The maximum Gasteiger partial charge on any atom is 0.159 e. The summed E-state index contributed by atoms with van der Waals surface area (Å²) in [4.78, 5) is 2.28. The number of hydrogen-bond acceptors (Lipinski definition) is 2. The molecule has 4 heteroatoms. The molecular weight excluding hydrogens is 258 g/mol. The van der Waals surface area contributed by atoms with Gasteiger partial charge in [0.25, 0.3) is 0 Å². The van der Waals surface area contributed by atoms with Gasteiger partial charge < -0.3 is 0 Å². The third-order valence-corrected chi connectivity index (χ3v) is 3.50. The summed E-state index contributed by atoms with van der Waals surface area (Å²) in [5, 5.41) is 9.25. The van der Waals surface area contributed by atoms with E-state index in [0.29, 0.717) is 24.1 Å². The summed E-state index contributed by atoms with van der Waals surface area (Å²) in [6, 6.07) is 6.65. The summed E-state index contributed by atoms with van der Waals surface area (Å²) >= 11 is 0. The fourth-order valence-electron chi connectivity index (χ4n) is 2.43. The third kappa shape index (κ3) is 4.28. The third-order valence-electron chi connectivity index (χ3n) is 3.50. The van der Waals surface area contributed by atoms with Crippen LogP contribution in [0, 0.1) is 23.0 Å². The van der Waals surface area contributed by atoms with E-state index in [9.17, 15) is 14.0 Å². The van der Waals surface area contributed by atoms with E-state index in [0.717, 1.165) is 18.7 Å². The van der Waals surface area contributed by atoms with Crippen LogP contribution in [-0.2, 0) is 0 Å². The van der Waals surface area contributed by atoms with Crippen molar-refractivity contribution in [2.24, 2.45) is 0 Å². The summed E-state index contributed by atoms with van der Waals surface area (Å²) < 4.78 is 26.2.